The van der Waals surface area contributed by atoms with Gasteiger partial charge in [0.05, 0.1) is 0 Å². The van der Waals surface area contributed by atoms with E-state index in [1.807, 2.05) is 0 Å². The van der Waals surface area contributed by atoms with Crippen LogP contribution in [0.1, 0.15) is 86.5 Å². The summed E-state index contributed by atoms with van der Waals surface area (Å²) in [6.45, 7) is 15.1. The van der Waals surface area contributed by atoms with Crippen molar-refractivity contribution in [2.75, 3.05) is 6.54 Å². The molecule has 1 nitrogen and oxygen atoms in total. The van der Waals surface area contributed by atoms with Gasteiger partial charge in [0.1, 0.15) is 0 Å². The number of rotatable bonds is 10. The van der Waals surface area contributed by atoms with Gasteiger partial charge >= 0.3 is 0 Å². The first-order valence-corrected chi connectivity index (χ1v) is 8.18. The van der Waals surface area contributed by atoms with Crippen molar-refractivity contribution < 1.29 is 0 Å². The summed E-state index contributed by atoms with van der Waals surface area (Å²) in [5.74, 6) is 0.889. The lowest BCUT2D eigenvalue weighted by Crippen LogP contribution is -2.36. The molecule has 0 spiro atoms. The zero-order valence-corrected chi connectivity index (χ0v) is 13.8. The largest absolute Gasteiger partial charge is 0.314 e. The predicted octanol–water partition coefficient (Wildman–Crippen LogP) is 5.40. The second kappa shape index (κ2) is 9.83. The van der Waals surface area contributed by atoms with Crippen molar-refractivity contribution in [3.05, 3.63) is 0 Å². The van der Waals surface area contributed by atoms with Gasteiger partial charge in [0, 0.05) is 6.04 Å². The molecule has 110 valence electrons. The standard InChI is InChI=1S/C17H37N/c1-7-11-15(12-8-2)16(18-9-3)13-10-14-17(4,5)6/h15-16,18H,7-14H2,1-6H3. The molecule has 0 saturated carbocycles. The molecular formula is C17H37N. The van der Waals surface area contributed by atoms with E-state index in [9.17, 15) is 0 Å². The van der Waals surface area contributed by atoms with Crippen LogP contribution in [0.3, 0.4) is 0 Å². The molecule has 1 unspecified atom stereocenters. The first-order valence-electron chi connectivity index (χ1n) is 8.18. The summed E-state index contributed by atoms with van der Waals surface area (Å²) in [5, 5.41) is 3.74. The van der Waals surface area contributed by atoms with Gasteiger partial charge < -0.3 is 5.32 Å². The van der Waals surface area contributed by atoms with Crippen LogP contribution >= 0.6 is 0 Å². The zero-order chi connectivity index (χ0) is 14.0. The van der Waals surface area contributed by atoms with Crippen molar-refractivity contribution in [2.45, 2.75) is 92.5 Å². The lowest BCUT2D eigenvalue weighted by atomic mass is 9.84. The molecule has 0 fully saturated rings. The highest BCUT2D eigenvalue weighted by Crippen LogP contribution is 2.26. The number of nitrogens with one attached hydrogen (secondary N) is 1. The van der Waals surface area contributed by atoms with Crippen LogP contribution in [0.15, 0.2) is 0 Å². The van der Waals surface area contributed by atoms with E-state index in [0.29, 0.717) is 5.41 Å². The first kappa shape index (κ1) is 18.0. The van der Waals surface area contributed by atoms with Crippen molar-refractivity contribution in [3.63, 3.8) is 0 Å². The second-order valence-corrected chi connectivity index (χ2v) is 6.95. The monoisotopic (exact) mass is 255 g/mol. The van der Waals surface area contributed by atoms with Crippen LogP contribution in [0.5, 0.6) is 0 Å². The zero-order valence-electron chi connectivity index (χ0n) is 13.8. The van der Waals surface area contributed by atoms with Crippen LogP contribution in [-0.2, 0) is 0 Å². The summed E-state index contributed by atoms with van der Waals surface area (Å²) >= 11 is 0. The molecule has 18 heavy (non-hydrogen) atoms. The molecule has 0 aromatic heterocycles. The molecule has 0 aromatic rings. The van der Waals surface area contributed by atoms with E-state index in [1.54, 1.807) is 0 Å². The summed E-state index contributed by atoms with van der Waals surface area (Å²) < 4.78 is 0. The van der Waals surface area contributed by atoms with E-state index in [2.05, 4.69) is 46.9 Å². The third-order valence-electron chi connectivity index (χ3n) is 3.80. The van der Waals surface area contributed by atoms with Gasteiger partial charge in [0.25, 0.3) is 0 Å². The van der Waals surface area contributed by atoms with Crippen LogP contribution in [0.4, 0.5) is 0 Å². The van der Waals surface area contributed by atoms with Crippen molar-refractivity contribution in [3.8, 4) is 0 Å². The fourth-order valence-electron chi connectivity index (χ4n) is 2.91. The van der Waals surface area contributed by atoms with Gasteiger partial charge in [-0.3, -0.25) is 0 Å². The van der Waals surface area contributed by atoms with Gasteiger partial charge in [0.2, 0.25) is 0 Å². The molecule has 0 aliphatic carbocycles. The molecule has 0 aliphatic rings. The summed E-state index contributed by atoms with van der Waals surface area (Å²) in [4.78, 5) is 0. The second-order valence-electron chi connectivity index (χ2n) is 6.95. The molecule has 1 atom stereocenters. The molecular weight excluding hydrogens is 218 g/mol. The number of hydrogen-bond acceptors (Lipinski definition) is 1. The summed E-state index contributed by atoms with van der Waals surface area (Å²) in [6, 6.07) is 0.747. The average molecular weight is 255 g/mol. The topological polar surface area (TPSA) is 12.0 Å². The lowest BCUT2D eigenvalue weighted by molar-refractivity contribution is 0.275. The Hall–Kier alpha value is -0.0400. The molecule has 0 bridgehead atoms. The van der Waals surface area contributed by atoms with Crippen LogP contribution in [0.25, 0.3) is 0 Å². The molecule has 0 aromatic carbocycles. The quantitative estimate of drug-likeness (QED) is 0.551. The van der Waals surface area contributed by atoms with Crippen molar-refractivity contribution >= 4 is 0 Å². The number of hydrogen-bond donors (Lipinski definition) is 1. The minimum Gasteiger partial charge on any atom is -0.314 e. The third kappa shape index (κ3) is 8.97. The Labute approximate surface area is 116 Å². The average Bonchev–Trinajstić information content (AvgIpc) is 2.26. The van der Waals surface area contributed by atoms with Gasteiger partial charge in [0.15, 0.2) is 0 Å². The fourth-order valence-corrected chi connectivity index (χ4v) is 2.91. The van der Waals surface area contributed by atoms with Crippen molar-refractivity contribution in [2.24, 2.45) is 11.3 Å². The maximum Gasteiger partial charge on any atom is 0.00952 e. The fraction of sp³-hybridized carbons (Fsp3) is 1.00. The summed E-state index contributed by atoms with van der Waals surface area (Å²) in [5.41, 5.74) is 0.488. The van der Waals surface area contributed by atoms with Crippen LogP contribution in [0.2, 0.25) is 0 Å². The van der Waals surface area contributed by atoms with E-state index in [4.69, 9.17) is 0 Å². The first-order chi connectivity index (χ1) is 8.44. The van der Waals surface area contributed by atoms with E-state index >= 15 is 0 Å². The Balaban J connectivity index is 4.23. The highest BCUT2D eigenvalue weighted by atomic mass is 14.9. The summed E-state index contributed by atoms with van der Waals surface area (Å²) in [6.07, 6.45) is 9.50. The van der Waals surface area contributed by atoms with Crippen molar-refractivity contribution in [1.82, 2.24) is 5.32 Å². The normalized spacial score (nSPS) is 14.2. The third-order valence-corrected chi connectivity index (χ3v) is 3.80. The minimum absolute atomic E-state index is 0.488. The Kier molecular flexibility index (Phi) is 9.81. The molecule has 0 amide bonds. The van der Waals surface area contributed by atoms with Gasteiger partial charge in [-0.15, -0.1) is 0 Å². The van der Waals surface area contributed by atoms with Gasteiger partial charge in [-0.1, -0.05) is 60.8 Å². The van der Waals surface area contributed by atoms with E-state index in [1.165, 1.54) is 44.9 Å². The smallest absolute Gasteiger partial charge is 0.00952 e. The predicted molar refractivity (Wildman–Crippen MR) is 84.1 cm³/mol. The van der Waals surface area contributed by atoms with Crippen molar-refractivity contribution in [1.29, 1.82) is 0 Å². The maximum atomic E-state index is 3.74. The van der Waals surface area contributed by atoms with Gasteiger partial charge in [-0.05, 0) is 43.6 Å². The highest BCUT2D eigenvalue weighted by molar-refractivity contribution is 4.77. The van der Waals surface area contributed by atoms with Crippen LogP contribution < -0.4 is 5.32 Å². The Morgan fingerprint density at radius 1 is 0.889 bits per heavy atom. The van der Waals surface area contributed by atoms with Gasteiger partial charge in [-0.2, -0.15) is 0 Å². The Morgan fingerprint density at radius 3 is 1.83 bits per heavy atom. The molecule has 0 radical (unpaired) electrons. The molecule has 0 heterocycles. The van der Waals surface area contributed by atoms with Gasteiger partial charge in [-0.25, -0.2) is 0 Å². The highest BCUT2D eigenvalue weighted by Gasteiger charge is 2.20. The lowest BCUT2D eigenvalue weighted by Gasteiger charge is -2.29. The molecule has 0 aliphatic heterocycles. The van der Waals surface area contributed by atoms with Crippen LogP contribution in [0, 0.1) is 11.3 Å². The molecule has 1 heteroatoms. The Bertz CT molecular complexity index is 175. The van der Waals surface area contributed by atoms with E-state index in [0.717, 1.165) is 18.5 Å². The Morgan fingerprint density at radius 2 is 1.44 bits per heavy atom. The minimum atomic E-state index is 0.488. The van der Waals surface area contributed by atoms with Crippen LogP contribution in [-0.4, -0.2) is 12.6 Å². The molecule has 1 N–H and O–H groups in total. The van der Waals surface area contributed by atoms with E-state index in [-0.39, 0.29) is 0 Å². The molecule has 0 saturated heterocycles. The van der Waals surface area contributed by atoms with E-state index < -0.39 is 0 Å². The summed E-state index contributed by atoms with van der Waals surface area (Å²) in [7, 11) is 0. The SMILES string of the molecule is CCCC(CCC)C(CCCC(C)(C)C)NCC. The molecule has 0 rings (SSSR count). The maximum absolute atomic E-state index is 3.74.